The van der Waals surface area contributed by atoms with E-state index in [2.05, 4.69) is 10.4 Å². The molecular weight excluding hydrogens is 410 g/mol. The Kier molecular flexibility index (Phi) is 4.76. The summed E-state index contributed by atoms with van der Waals surface area (Å²) >= 11 is 6.08. The van der Waals surface area contributed by atoms with Crippen molar-refractivity contribution in [1.29, 1.82) is 0 Å². The molecule has 0 aliphatic carbocycles. The van der Waals surface area contributed by atoms with Crippen LogP contribution in [0.3, 0.4) is 0 Å². The number of rotatable bonds is 3. The highest BCUT2D eigenvalue weighted by Crippen LogP contribution is 2.29. The molecule has 1 amide bonds. The molecule has 0 radical (unpaired) electrons. The molecule has 0 saturated carbocycles. The van der Waals surface area contributed by atoms with Crippen LogP contribution in [0.15, 0.2) is 94.5 Å². The fraction of sp³-hybridized carbons (Fsp3) is 0.0417. The highest BCUT2D eigenvalue weighted by Gasteiger charge is 2.43. The van der Waals surface area contributed by atoms with Crippen molar-refractivity contribution in [3.63, 3.8) is 0 Å². The van der Waals surface area contributed by atoms with Crippen LogP contribution in [-0.4, -0.2) is 22.8 Å². The minimum absolute atomic E-state index is 0.243. The molecule has 3 aromatic carbocycles. The third-order valence-corrected chi connectivity index (χ3v) is 5.14. The lowest BCUT2D eigenvalue weighted by Gasteiger charge is -2.16. The van der Waals surface area contributed by atoms with Crippen molar-refractivity contribution in [1.82, 2.24) is 10.4 Å². The minimum atomic E-state index is -0.243. The Morgan fingerprint density at radius 1 is 1.00 bits per heavy atom. The zero-order valence-corrected chi connectivity index (χ0v) is 17.4. The molecule has 152 valence electrons. The monoisotopic (exact) mass is 427 g/mol. The first kappa shape index (κ1) is 19.1. The molecule has 1 saturated heterocycles. The van der Waals surface area contributed by atoms with Crippen LogP contribution in [0.2, 0.25) is 5.02 Å². The minimum Gasteiger partial charge on any atom is -0.265 e. The van der Waals surface area contributed by atoms with Crippen LogP contribution in [0.4, 0.5) is 11.4 Å². The number of fused-ring (bicyclic) bond motifs is 1. The number of carbonyl (C=O) groups excluding carboxylic acids is 1. The summed E-state index contributed by atoms with van der Waals surface area (Å²) in [5.41, 5.74) is 7.02. The van der Waals surface area contributed by atoms with Crippen molar-refractivity contribution in [2.24, 2.45) is 9.98 Å². The number of hydrogen-bond acceptors (Lipinski definition) is 3. The van der Waals surface area contributed by atoms with Crippen molar-refractivity contribution < 1.29 is 4.79 Å². The van der Waals surface area contributed by atoms with Crippen molar-refractivity contribution in [3.05, 3.63) is 101 Å². The molecule has 0 unspecified atom stereocenters. The number of benzene rings is 3. The van der Waals surface area contributed by atoms with Crippen LogP contribution in [0.25, 0.3) is 6.08 Å². The van der Waals surface area contributed by atoms with Crippen LogP contribution < -0.4 is 10.3 Å². The van der Waals surface area contributed by atoms with E-state index < -0.39 is 0 Å². The second-order valence-corrected chi connectivity index (χ2v) is 7.63. The lowest BCUT2D eigenvalue weighted by atomic mass is 10.2. The Labute approximate surface area is 184 Å². The van der Waals surface area contributed by atoms with Crippen molar-refractivity contribution in [3.8, 4) is 0 Å². The number of aryl methyl sites for hydroxylation is 1. The van der Waals surface area contributed by atoms with Crippen LogP contribution in [0, 0.1) is 6.92 Å². The highest BCUT2D eigenvalue weighted by atomic mass is 35.5. The lowest BCUT2D eigenvalue weighted by Crippen LogP contribution is -2.38. The molecule has 1 N–H and O–H groups in total. The van der Waals surface area contributed by atoms with Gasteiger partial charge in [-0.1, -0.05) is 54.1 Å². The molecular formula is C24H18ClN5O. The molecule has 7 heteroatoms. The first-order chi connectivity index (χ1) is 15.1. The summed E-state index contributed by atoms with van der Waals surface area (Å²) < 4.78 is 0. The second kappa shape index (κ2) is 7.74. The molecule has 31 heavy (non-hydrogen) atoms. The number of anilines is 1. The maximum absolute atomic E-state index is 13.1. The average Bonchev–Trinajstić information content (AvgIpc) is 3.25. The van der Waals surface area contributed by atoms with Crippen molar-refractivity contribution in [2.75, 3.05) is 4.90 Å². The molecule has 2 heterocycles. The van der Waals surface area contributed by atoms with Gasteiger partial charge in [-0.2, -0.15) is 5.01 Å². The van der Waals surface area contributed by atoms with Gasteiger partial charge in [-0.15, -0.1) is 0 Å². The Bertz CT molecular complexity index is 1250. The smallest absolute Gasteiger partial charge is 0.265 e. The van der Waals surface area contributed by atoms with E-state index in [0.717, 1.165) is 22.5 Å². The fourth-order valence-corrected chi connectivity index (χ4v) is 3.56. The van der Waals surface area contributed by atoms with E-state index in [1.54, 1.807) is 18.2 Å². The average molecular weight is 428 g/mol. The van der Waals surface area contributed by atoms with Gasteiger partial charge in [-0.25, -0.2) is 14.9 Å². The molecule has 0 aromatic heterocycles. The number of halogens is 1. The van der Waals surface area contributed by atoms with Gasteiger partial charge in [-0.05, 0) is 60.5 Å². The number of amides is 1. The Morgan fingerprint density at radius 3 is 2.52 bits per heavy atom. The number of aliphatic imine (C=N–C) groups is 2. The van der Waals surface area contributed by atoms with Crippen LogP contribution in [0.5, 0.6) is 0 Å². The van der Waals surface area contributed by atoms with Gasteiger partial charge in [0.2, 0.25) is 11.9 Å². The highest BCUT2D eigenvalue weighted by molar-refractivity contribution is 6.32. The molecule has 2 aliphatic heterocycles. The zero-order chi connectivity index (χ0) is 21.4. The molecule has 1 fully saturated rings. The molecule has 0 bridgehead atoms. The number of nitrogens with zero attached hydrogens (tertiary/aromatic N) is 4. The number of hydrazine groups is 1. The summed E-state index contributed by atoms with van der Waals surface area (Å²) in [5, 5.41) is 2.04. The predicted octanol–water partition coefficient (Wildman–Crippen LogP) is 4.90. The van der Waals surface area contributed by atoms with Gasteiger partial charge < -0.3 is 0 Å². The van der Waals surface area contributed by atoms with E-state index in [-0.39, 0.29) is 5.91 Å². The largest absolute Gasteiger partial charge is 0.298 e. The van der Waals surface area contributed by atoms with Gasteiger partial charge in [0, 0.05) is 5.02 Å². The van der Waals surface area contributed by atoms with Crippen LogP contribution in [0.1, 0.15) is 11.1 Å². The van der Waals surface area contributed by atoms with Gasteiger partial charge in [0.25, 0.3) is 5.91 Å². The second-order valence-electron chi connectivity index (χ2n) is 7.19. The number of guanidine groups is 2. The van der Waals surface area contributed by atoms with E-state index in [1.165, 1.54) is 5.01 Å². The normalized spacial score (nSPS) is 17.9. The third kappa shape index (κ3) is 3.69. The van der Waals surface area contributed by atoms with E-state index in [9.17, 15) is 4.79 Å². The van der Waals surface area contributed by atoms with Gasteiger partial charge in [0.15, 0.2) is 0 Å². The maximum atomic E-state index is 13.1. The topological polar surface area (TPSA) is 60.3 Å². The lowest BCUT2D eigenvalue weighted by molar-refractivity contribution is -0.123. The number of hydrogen-bond donors (Lipinski definition) is 1. The fourth-order valence-electron chi connectivity index (χ4n) is 3.43. The molecule has 5 rings (SSSR count). The van der Waals surface area contributed by atoms with Crippen molar-refractivity contribution >= 4 is 46.9 Å². The number of nitrogens with one attached hydrogen (secondary N) is 1. The van der Waals surface area contributed by atoms with Crippen molar-refractivity contribution in [2.45, 2.75) is 6.92 Å². The Balaban J connectivity index is 1.60. The first-order valence-corrected chi connectivity index (χ1v) is 10.1. The quantitative estimate of drug-likeness (QED) is 0.605. The molecule has 0 atom stereocenters. The summed E-state index contributed by atoms with van der Waals surface area (Å²) in [6, 6.07) is 24.8. The standard InChI is InChI=1S/C24H18ClN5O/c1-16-6-5-9-19(14-16)26-23-28-30-22(31)21(15-17-7-3-2-4-8-17)27-24(30)29(23)20-12-10-18(25)11-13-20/h2-15H,1H3,(H,26,28)/b21-15-. The van der Waals surface area contributed by atoms with Gasteiger partial charge >= 0.3 is 0 Å². The zero-order valence-electron chi connectivity index (χ0n) is 16.7. The Hall–Kier alpha value is -3.90. The van der Waals surface area contributed by atoms with Crippen LogP contribution >= 0.6 is 11.6 Å². The summed E-state index contributed by atoms with van der Waals surface area (Å²) in [4.78, 5) is 24.2. The summed E-state index contributed by atoms with van der Waals surface area (Å²) in [7, 11) is 0. The van der Waals surface area contributed by atoms with E-state index in [0.29, 0.717) is 22.6 Å². The summed E-state index contributed by atoms with van der Waals surface area (Å²) in [6.45, 7) is 2.01. The molecule has 6 nitrogen and oxygen atoms in total. The van der Waals surface area contributed by atoms with Gasteiger partial charge in [0.05, 0.1) is 11.4 Å². The first-order valence-electron chi connectivity index (χ1n) is 9.76. The van der Waals surface area contributed by atoms with Crippen LogP contribution in [-0.2, 0) is 4.79 Å². The molecule has 0 spiro atoms. The summed E-state index contributed by atoms with van der Waals surface area (Å²) in [5.74, 6) is 0.687. The Morgan fingerprint density at radius 2 is 1.77 bits per heavy atom. The summed E-state index contributed by atoms with van der Waals surface area (Å²) in [6.07, 6.45) is 1.77. The molecule has 3 aromatic rings. The molecule has 2 aliphatic rings. The van der Waals surface area contributed by atoms with E-state index in [1.807, 2.05) is 78.6 Å². The maximum Gasteiger partial charge on any atom is 0.298 e. The van der Waals surface area contributed by atoms with E-state index in [4.69, 9.17) is 16.6 Å². The number of carbonyl (C=O) groups is 1. The van der Waals surface area contributed by atoms with E-state index >= 15 is 0 Å². The predicted molar refractivity (Wildman–Crippen MR) is 124 cm³/mol. The van der Waals surface area contributed by atoms with Gasteiger partial charge in [-0.3, -0.25) is 10.2 Å². The SMILES string of the molecule is Cc1cccc(N=C2NN3C(=O)/C(=C/c4ccccc4)N=C3N2c2ccc(Cl)cc2)c1. The van der Waals surface area contributed by atoms with Gasteiger partial charge in [0.1, 0.15) is 5.70 Å². The third-order valence-electron chi connectivity index (χ3n) is 4.89.